The summed E-state index contributed by atoms with van der Waals surface area (Å²) in [7, 11) is 0. The van der Waals surface area contributed by atoms with Gasteiger partial charge >= 0.3 is 0 Å². The zero-order chi connectivity index (χ0) is 14.2. The predicted molar refractivity (Wildman–Crippen MR) is 71.4 cm³/mol. The molecule has 0 saturated heterocycles. The molecule has 0 amide bonds. The summed E-state index contributed by atoms with van der Waals surface area (Å²) in [6, 6.07) is 5.22. The third-order valence-electron chi connectivity index (χ3n) is 2.60. The fourth-order valence-corrected chi connectivity index (χ4v) is 2.46. The molecule has 7 heteroatoms. The Morgan fingerprint density at radius 2 is 2.16 bits per heavy atom. The molecule has 0 aliphatic rings. The van der Waals surface area contributed by atoms with Crippen LogP contribution in [-0.4, -0.2) is 16.1 Å². The van der Waals surface area contributed by atoms with Gasteiger partial charge in [0.1, 0.15) is 10.8 Å². The second-order valence-electron chi connectivity index (χ2n) is 3.85. The van der Waals surface area contributed by atoms with Gasteiger partial charge in [0.05, 0.1) is 11.3 Å². The molecule has 0 aliphatic heterocycles. The highest BCUT2D eigenvalue weighted by atomic mass is 79.9. The summed E-state index contributed by atoms with van der Waals surface area (Å²) in [6.07, 6.45) is -2.56. The standard InChI is InChI=1S/C12H8BrClF2N2O/c1-6-4-7(13)2-3-9(6)18-11(14)8(5-19)10(17-18)12(15)16/h2-5,12H,1H3. The summed E-state index contributed by atoms with van der Waals surface area (Å²) in [4.78, 5) is 10.9. The summed E-state index contributed by atoms with van der Waals surface area (Å²) in [5.41, 5.74) is 0.446. The maximum atomic E-state index is 12.8. The number of carbonyl (C=O) groups is 1. The third kappa shape index (κ3) is 2.55. The lowest BCUT2D eigenvalue weighted by Gasteiger charge is -2.07. The summed E-state index contributed by atoms with van der Waals surface area (Å²) in [5, 5.41) is 3.61. The summed E-state index contributed by atoms with van der Waals surface area (Å²) < 4.78 is 27.6. The van der Waals surface area contributed by atoms with Gasteiger partial charge in [-0.3, -0.25) is 4.79 Å². The molecule has 0 aliphatic carbocycles. The Morgan fingerprint density at radius 1 is 1.47 bits per heavy atom. The number of carbonyl (C=O) groups excluding carboxylic acids is 1. The highest BCUT2D eigenvalue weighted by Gasteiger charge is 2.23. The first-order chi connectivity index (χ1) is 8.95. The Hall–Kier alpha value is -1.27. The van der Waals surface area contributed by atoms with E-state index < -0.39 is 12.1 Å². The van der Waals surface area contributed by atoms with Gasteiger partial charge in [0.2, 0.25) is 0 Å². The molecule has 2 rings (SSSR count). The molecule has 2 aromatic rings. The van der Waals surface area contributed by atoms with Crippen molar-refractivity contribution in [1.82, 2.24) is 9.78 Å². The van der Waals surface area contributed by atoms with Crippen molar-refractivity contribution >= 4 is 33.8 Å². The lowest BCUT2D eigenvalue weighted by molar-refractivity contribution is 0.110. The molecular weight excluding hydrogens is 341 g/mol. The molecule has 1 aromatic heterocycles. The number of alkyl halides is 2. The van der Waals surface area contributed by atoms with E-state index in [0.29, 0.717) is 12.0 Å². The van der Waals surface area contributed by atoms with Crippen molar-refractivity contribution in [3.8, 4) is 5.69 Å². The molecule has 0 radical (unpaired) electrons. The SMILES string of the molecule is Cc1cc(Br)ccc1-n1nc(C(F)F)c(C=O)c1Cl. The largest absolute Gasteiger partial charge is 0.298 e. The Bertz CT molecular complexity index is 643. The quantitative estimate of drug-likeness (QED) is 0.772. The summed E-state index contributed by atoms with van der Waals surface area (Å²) in [6.45, 7) is 1.79. The molecule has 0 atom stereocenters. The molecule has 100 valence electrons. The smallest absolute Gasteiger partial charge is 0.282 e. The van der Waals surface area contributed by atoms with Crippen molar-refractivity contribution in [2.45, 2.75) is 13.3 Å². The number of rotatable bonds is 3. The summed E-state index contributed by atoms with van der Waals surface area (Å²) in [5.74, 6) is 0. The van der Waals surface area contributed by atoms with E-state index in [1.54, 1.807) is 25.1 Å². The van der Waals surface area contributed by atoms with Crippen LogP contribution in [0.4, 0.5) is 8.78 Å². The van der Waals surface area contributed by atoms with Crippen LogP contribution < -0.4 is 0 Å². The Balaban J connectivity index is 2.66. The van der Waals surface area contributed by atoms with E-state index >= 15 is 0 Å². The molecule has 0 spiro atoms. The van der Waals surface area contributed by atoms with Gasteiger partial charge in [0.25, 0.3) is 6.43 Å². The second-order valence-corrected chi connectivity index (χ2v) is 5.12. The minimum absolute atomic E-state index is 0.115. The van der Waals surface area contributed by atoms with Crippen LogP contribution in [0.15, 0.2) is 22.7 Å². The van der Waals surface area contributed by atoms with Crippen molar-refractivity contribution in [1.29, 1.82) is 0 Å². The third-order valence-corrected chi connectivity index (χ3v) is 3.46. The number of aryl methyl sites for hydroxylation is 1. The maximum absolute atomic E-state index is 12.8. The zero-order valence-corrected chi connectivity index (χ0v) is 12.0. The first-order valence-electron chi connectivity index (χ1n) is 5.24. The normalized spacial score (nSPS) is 11.1. The molecule has 0 unspecified atom stereocenters. The Labute approximate surface area is 121 Å². The van der Waals surface area contributed by atoms with E-state index in [2.05, 4.69) is 21.0 Å². The molecule has 0 fully saturated rings. The van der Waals surface area contributed by atoms with Gasteiger partial charge in [-0.15, -0.1) is 0 Å². The zero-order valence-electron chi connectivity index (χ0n) is 9.70. The topological polar surface area (TPSA) is 34.9 Å². The van der Waals surface area contributed by atoms with Crippen LogP contribution in [0.2, 0.25) is 5.15 Å². The van der Waals surface area contributed by atoms with Gasteiger partial charge < -0.3 is 0 Å². The van der Waals surface area contributed by atoms with Crippen LogP contribution in [-0.2, 0) is 0 Å². The number of aromatic nitrogens is 2. The fourth-order valence-electron chi connectivity index (χ4n) is 1.71. The Morgan fingerprint density at radius 3 is 2.63 bits per heavy atom. The van der Waals surface area contributed by atoms with Gasteiger partial charge in [-0.1, -0.05) is 27.5 Å². The van der Waals surface area contributed by atoms with E-state index in [9.17, 15) is 13.6 Å². The second kappa shape index (κ2) is 5.38. The van der Waals surface area contributed by atoms with Gasteiger partial charge in [-0.2, -0.15) is 5.10 Å². The minimum Gasteiger partial charge on any atom is -0.298 e. The van der Waals surface area contributed by atoms with Gasteiger partial charge in [-0.25, -0.2) is 13.5 Å². The van der Waals surface area contributed by atoms with Crippen LogP contribution >= 0.6 is 27.5 Å². The molecule has 19 heavy (non-hydrogen) atoms. The maximum Gasteiger partial charge on any atom is 0.282 e. The molecule has 0 N–H and O–H groups in total. The number of hydrogen-bond acceptors (Lipinski definition) is 2. The predicted octanol–water partition coefficient (Wildman–Crippen LogP) is 4.35. The van der Waals surface area contributed by atoms with Gasteiger partial charge in [0.15, 0.2) is 6.29 Å². The Kier molecular flexibility index (Phi) is 4.01. The van der Waals surface area contributed by atoms with Crippen molar-refractivity contribution in [2.24, 2.45) is 0 Å². The van der Waals surface area contributed by atoms with E-state index in [1.807, 2.05) is 0 Å². The van der Waals surface area contributed by atoms with Crippen LogP contribution in [0.3, 0.4) is 0 Å². The van der Waals surface area contributed by atoms with E-state index in [-0.39, 0.29) is 10.7 Å². The molecule has 0 saturated carbocycles. The number of hydrogen-bond donors (Lipinski definition) is 0. The van der Waals surface area contributed by atoms with E-state index in [4.69, 9.17) is 11.6 Å². The lowest BCUT2D eigenvalue weighted by atomic mass is 10.2. The number of benzene rings is 1. The van der Waals surface area contributed by atoms with Crippen LogP contribution in [0.5, 0.6) is 0 Å². The molecule has 3 nitrogen and oxygen atoms in total. The highest BCUT2D eigenvalue weighted by molar-refractivity contribution is 9.10. The average molecular weight is 350 g/mol. The first kappa shape index (κ1) is 14.1. The van der Waals surface area contributed by atoms with Crippen LogP contribution in [0.25, 0.3) is 5.69 Å². The van der Waals surface area contributed by atoms with Crippen molar-refractivity contribution in [3.63, 3.8) is 0 Å². The van der Waals surface area contributed by atoms with Gasteiger partial charge in [-0.05, 0) is 30.7 Å². The van der Waals surface area contributed by atoms with E-state index in [0.717, 1.165) is 14.7 Å². The van der Waals surface area contributed by atoms with Crippen LogP contribution in [0.1, 0.15) is 28.0 Å². The van der Waals surface area contributed by atoms with Crippen molar-refractivity contribution in [3.05, 3.63) is 44.6 Å². The molecule has 1 aromatic carbocycles. The number of halogens is 4. The molecule has 0 bridgehead atoms. The molecular formula is C12H8BrClF2N2O. The number of nitrogens with zero attached hydrogens (tertiary/aromatic N) is 2. The minimum atomic E-state index is -2.85. The fraction of sp³-hybridized carbons (Fsp3) is 0.167. The first-order valence-corrected chi connectivity index (χ1v) is 6.41. The lowest BCUT2D eigenvalue weighted by Crippen LogP contribution is -2.00. The van der Waals surface area contributed by atoms with Gasteiger partial charge in [0, 0.05) is 4.47 Å². The highest BCUT2D eigenvalue weighted by Crippen LogP contribution is 2.30. The van der Waals surface area contributed by atoms with E-state index in [1.165, 1.54) is 0 Å². The van der Waals surface area contributed by atoms with Crippen molar-refractivity contribution in [2.75, 3.05) is 0 Å². The van der Waals surface area contributed by atoms with Crippen LogP contribution in [0, 0.1) is 6.92 Å². The molecule has 1 heterocycles. The van der Waals surface area contributed by atoms with Crippen molar-refractivity contribution < 1.29 is 13.6 Å². The number of aldehydes is 1. The summed E-state index contributed by atoms with van der Waals surface area (Å²) >= 11 is 9.25. The monoisotopic (exact) mass is 348 g/mol. The average Bonchev–Trinajstić information content (AvgIpc) is 2.66.